The molecular formula is C19H16N6O3. The van der Waals surface area contributed by atoms with Crippen molar-refractivity contribution in [1.29, 1.82) is 0 Å². The van der Waals surface area contributed by atoms with Crippen molar-refractivity contribution in [3.63, 3.8) is 0 Å². The first-order chi connectivity index (χ1) is 13.8. The van der Waals surface area contributed by atoms with Crippen LogP contribution >= 0.6 is 0 Å². The normalized spacial score (nSPS) is 16.6. The van der Waals surface area contributed by atoms with Crippen molar-refractivity contribution in [2.75, 3.05) is 13.1 Å². The molecule has 5 rings (SSSR count). The molecule has 0 aliphatic carbocycles. The van der Waals surface area contributed by atoms with Crippen LogP contribution in [0.25, 0.3) is 23.0 Å². The van der Waals surface area contributed by atoms with E-state index >= 15 is 0 Å². The summed E-state index contributed by atoms with van der Waals surface area (Å²) < 4.78 is 12.1. The monoisotopic (exact) mass is 376 g/mol. The van der Waals surface area contributed by atoms with Crippen LogP contribution in [0.1, 0.15) is 22.8 Å². The summed E-state index contributed by atoms with van der Waals surface area (Å²) in [5.74, 6) is 0.776. The van der Waals surface area contributed by atoms with Crippen molar-refractivity contribution in [3.8, 4) is 23.0 Å². The molecule has 1 amide bonds. The first-order valence-corrected chi connectivity index (χ1v) is 8.91. The summed E-state index contributed by atoms with van der Waals surface area (Å²) in [5.41, 5.74) is 1.93. The third-order valence-electron chi connectivity index (χ3n) is 4.78. The molecule has 0 N–H and O–H groups in total. The Labute approximate surface area is 159 Å². The topological polar surface area (TPSA) is 103 Å². The molecule has 1 saturated heterocycles. The van der Waals surface area contributed by atoms with Crippen molar-refractivity contribution in [2.45, 2.75) is 12.5 Å². The fourth-order valence-electron chi connectivity index (χ4n) is 3.30. The van der Waals surface area contributed by atoms with Crippen LogP contribution in [-0.4, -0.2) is 49.0 Å². The molecule has 4 aromatic rings. The van der Waals surface area contributed by atoms with Crippen molar-refractivity contribution < 1.29 is 13.7 Å². The average Bonchev–Trinajstić information content (AvgIpc) is 3.54. The van der Waals surface area contributed by atoms with E-state index in [9.17, 15) is 4.79 Å². The highest BCUT2D eigenvalue weighted by Crippen LogP contribution is 2.25. The number of carbonyl (C=O) groups excluding carboxylic acids is 1. The van der Waals surface area contributed by atoms with Crippen LogP contribution in [0.5, 0.6) is 0 Å². The number of amides is 1. The largest absolute Gasteiger partial charge is 0.472 e. The van der Waals surface area contributed by atoms with Crippen molar-refractivity contribution in [3.05, 3.63) is 60.7 Å². The standard InChI is InChI=1S/C19H16N6O3/c26-19(14-7-9-27-12-14)24-8-6-15(10-24)25-11-16(21-23-25)18-20-17(22-28-18)13-4-2-1-3-5-13/h1-5,7,9,11-12,15H,6,8,10H2/t15-/m1/s1. The molecule has 4 heterocycles. The van der Waals surface area contributed by atoms with Gasteiger partial charge in [-0.2, -0.15) is 4.98 Å². The van der Waals surface area contributed by atoms with Gasteiger partial charge >= 0.3 is 0 Å². The van der Waals surface area contributed by atoms with Gasteiger partial charge in [0, 0.05) is 18.7 Å². The smallest absolute Gasteiger partial charge is 0.280 e. The molecule has 9 heteroatoms. The molecule has 3 aromatic heterocycles. The summed E-state index contributed by atoms with van der Waals surface area (Å²) in [6.07, 6.45) is 5.53. The highest BCUT2D eigenvalue weighted by Gasteiger charge is 2.29. The summed E-state index contributed by atoms with van der Waals surface area (Å²) >= 11 is 0. The molecule has 28 heavy (non-hydrogen) atoms. The number of nitrogens with zero attached hydrogens (tertiary/aromatic N) is 6. The Kier molecular flexibility index (Phi) is 3.97. The van der Waals surface area contributed by atoms with Gasteiger partial charge in [0.25, 0.3) is 11.8 Å². The fourth-order valence-corrected chi connectivity index (χ4v) is 3.30. The molecule has 1 aliphatic heterocycles. The molecule has 0 spiro atoms. The maximum absolute atomic E-state index is 12.4. The van der Waals surface area contributed by atoms with E-state index in [2.05, 4.69) is 20.5 Å². The van der Waals surface area contributed by atoms with E-state index in [1.54, 1.807) is 21.8 Å². The van der Waals surface area contributed by atoms with E-state index in [-0.39, 0.29) is 11.9 Å². The number of benzene rings is 1. The summed E-state index contributed by atoms with van der Waals surface area (Å²) in [6, 6.07) is 11.3. The number of rotatable bonds is 4. The summed E-state index contributed by atoms with van der Waals surface area (Å²) in [5, 5.41) is 12.4. The maximum Gasteiger partial charge on any atom is 0.280 e. The van der Waals surface area contributed by atoms with Crippen LogP contribution < -0.4 is 0 Å². The van der Waals surface area contributed by atoms with Gasteiger partial charge in [-0.25, -0.2) is 4.68 Å². The zero-order valence-corrected chi connectivity index (χ0v) is 14.8. The SMILES string of the molecule is O=C(c1ccoc1)N1CC[C@@H](n2cc(-c3nc(-c4ccccc4)no3)nn2)C1. The highest BCUT2D eigenvalue weighted by atomic mass is 16.5. The lowest BCUT2D eigenvalue weighted by molar-refractivity contribution is 0.0786. The van der Waals surface area contributed by atoms with E-state index < -0.39 is 0 Å². The van der Waals surface area contributed by atoms with Gasteiger partial charge in [-0.3, -0.25) is 4.79 Å². The number of likely N-dealkylation sites (tertiary alicyclic amines) is 1. The van der Waals surface area contributed by atoms with Crippen LogP contribution in [0.2, 0.25) is 0 Å². The number of furan rings is 1. The van der Waals surface area contributed by atoms with Gasteiger partial charge in [0.05, 0.1) is 24.1 Å². The molecule has 1 atom stereocenters. The first kappa shape index (κ1) is 16.4. The second-order valence-corrected chi connectivity index (χ2v) is 6.58. The third-order valence-corrected chi connectivity index (χ3v) is 4.78. The molecule has 0 bridgehead atoms. The summed E-state index contributed by atoms with van der Waals surface area (Å²) in [7, 11) is 0. The Balaban J connectivity index is 1.31. The Morgan fingerprint density at radius 1 is 1.18 bits per heavy atom. The predicted octanol–water partition coefficient (Wildman–Crippen LogP) is 2.68. The van der Waals surface area contributed by atoms with Gasteiger partial charge in [0.15, 0.2) is 5.69 Å². The Morgan fingerprint density at radius 2 is 2.07 bits per heavy atom. The van der Waals surface area contributed by atoms with Gasteiger partial charge in [0.1, 0.15) is 6.26 Å². The fraction of sp³-hybridized carbons (Fsp3) is 0.211. The van der Waals surface area contributed by atoms with Crippen LogP contribution in [0, 0.1) is 0 Å². The molecule has 1 fully saturated rings. The highest BCUT2D eigenvalue weighted by molar-refractivity contribution is 5.94. The number of hydrogen-bond acceptors (Lipinski definition) is 7. The van der Waals surface area contributed by atoms with E-state index in [1.807, 2.05) is 30.3 Å². The minimum absolute atomic E-state index is 0.0407. The maximum atomic E-state index is 12.4. The van der Waals surface area contributed by atoms with Crippen LogP contribution in [0.15, 0.2) is 64.1 Å². The second-order valence-electron chi connectivity index (χ2n) is 6.58. The molecule has 0 unspecified atom stereocenters. The predicted molar refractivity (Wildman–Crippen MR) is 97.0 cm³/mol. The molecule has 1 aromatic carbocycles. The minimum Gasteiger partial charge on any atom is -0.472 e. The van der Waals surface area contributed by atoms with Crippen LogP contribution in [0.4, 0.5) is 0 Å². The van der Waals surface area contributed by atoms with Gasteiger partial charge in [-0.1, -0.05) is 40.7 Å². The van der Waals surface area contributed by atoms with E-state index in [4.69, 9.17) is 8.94 Å². The number of carbonyl (C=O) groups is 1. The quantitative estimate of drug-likeness (QED) is 0.539. The van der Waals surface area contributed by atoms with Crippen LogP contribution in [-0.2, 0) is 0 Å². The van der Waals surface area contributed by atoms with E-state index in [1.165, 1.54) is 12.5 Å². The van der Waals surface area contributed by atoms with Gasteiger partial charge in [0.2, 0.25) is 5.82 Å². The second kappa shape index (κ2) is 6.76. The Morgan fingerprint density at radius 3 is 2.89 bits per heavy atom. The first-order valence-electron chi connectivity index (χ1n) is 8.91. The zero-order chi connectivity index (χ0) is 18.9. The molecule has 1 aliphatic rings. The molecule has 0 saturated carbocycles. The number of hydrogen-bond donors (Lipinski definition) is 0. The lowest BCUT2D eigenvalue weighted by Crippen LogP contribution is -2.28. The van der Waals surface area contributed by atoms with Gasteiger partial charge in [-0.05, 0) is 12.5 Å². The summed E-state index contributed by atoms with van der Waals surface area (Å²) in [4.78, 5) is 18.6. The van der Waals surface area contributed by atoms with E-state index in [0.717, 1.165) is 12.0 Å². The lowest BCUT2D eigenvalue weighted by Gasteiger charge is -2.15. The molecule has 9 nitrogen and oxygen atoms in total. The zero-order valence-electron chi connectivity index (χ0n) is 14.8. The Hall–Kier alpha value is -3.75. The van der Waals surface area contributed by atoms with Crippen molar-refractivity contribution in [1.82, 2.24) is 30.0 Å². The van der Waals surface area contributed by atoms with Crippen molar-refractivity contribution in [2.24, 2.45) is 0 Å². The third kappa shape index (κ3) is 2.96. The van der Waals surface area contributed by atoms with E-state index in [0.29, 0.717) is 36.1 Å². The van der Waals surface area contributed by atoms with Gasteiger partial charge < -0.3 is 13.8 Å². The average molecular weight is 376 g/mol. The Bertz CT molecular complexity index is 1090. The summed E-state index contributed by atoms with van der Waals surface area (Å²) in [6.45, 7) is 1.22. The minimum atomic E-state index is -0.0407. The lowest BCUT2D eigenvalue weighted by atomic mass is 10.2. The number of aromatic nitrogens is 5. The van der Waals surface area contributed by atoms with Gasteiger partial charge in [-0.15, -0.1) is 5.10 Å². The molecular weight excluding hydrogens is 360 g/mol. The van der Waals surface area contributed by atoms with Crippen molar-refractivity contribution >= 4 is 5.91 Å². The molecule has 0 radical (unpaired) electrons. The van der Waals surface area contributed by atoms with Crippen LogP contribution in [0.3, 0.4) is 0 Å². The molecule has 140 valence electrons.